The number of thiophene rings is 1. The molecule has 1 aliphatic rings. The second-order valence-electron chi connectivity index (χ2n) is 6.53. The third-order valence-corrected chi connectivity index (χ3v) is 5.33. The molecule has 0 bridgehead atoms. The molecule has 1 fully saturated rings. The first kappa shape index (κ1) is 18.4. The first-order chi connectivity index (χ1) is 12.5. The van der Waals surface area contributed by atoms with Crippen molar-refractivity contribution in [2.45, 2.75) is 12.5 Å². The summed E-state index contributed by atoms with van der Waals surface area (Å²) in [6, 6.07) is 12.2. The molecule has 0 saturated carbocycles. The number of carbonyl (C=O) groups excluding carboxylic acids is 2. The first-order valence-electron chi connectivity index (χ1n) is 8.52. The Morgan fingerprint density at radius 3 is 2.50 bits per heavy atom. The zero-order chi connectivity index (χ0) is 18.7. The van der Waals surface area contributed by atoms with E-state index < -0.39 is 17.7 Å². The molecule has 1 saturated heterocycles. The topological polar surface area (TPSA) is 60.9 Å². The van der Waals surface area contributed by atoms with E-state index in [1.807, 2.05) is 42.6 Å². The van der Waals surface area contributed by atoms with Gasteiger partial charge in [-0.2, -0.15) is 0 Å². The highest BCUT2D eigenvalue weighted by Gasteiger charge is 2.46. The summed E-state index contributed by atoms with van der Waals surface area (Å²) in [4.78, 5) is 29.9. The van der Waals surface area contributed by atoms with Gasteiger partial charge in [0, 0.05) is 17.0 Å². The van der Waals surface area contributed by atoms with Crippen molar-refractivity contribution in [3.8, 4) is 0 Å². The molecule has 26 heavy (non-hydrogen) atoms. The lowest BCUT2D eigenvalue weighted by Gasteiger charge is -2.24. The predicted octanol–water partition coefficient (Wildman–Crippen LogP) is 3.12. The molecule has 1 aromatic heterocycles. The van der Waals surface area contributed by atoms with Crippen molar-refractivity contribution in [2.75, 3.05) is 27.2 Å². The molecule has 0 aliphatic carbocycles. The highest BCUT2D eigenvalue weighted by atomic mass is 32.1. The number of aliphatic hydroxyl groups is 1. The van der Waals surface area contributed by atoms with Gasteiger partial charge in [0.2, 0.25) is 0 Å². The van der Waals surface area contributed by atoms with Crippen LogP contribution in [0.4, 0.5) is 0 Å². The molecular formula is C20H22N2O3S. The molecule has 2 aromatic rings. The van der Waals surface area contributed by atoms with Crippen LogP contribution in [0.15, 0.2) is 53.4 Å². The molecule has 6 heteroatoms. The largest absolute Gasteiger partial charge is 0.507 e. The summed E-state index contributed by atoms with van der Waals surface area (Å²) >= 11 is 1.48. The monoisotopic (exact) mass is 370 g/mol. The molecule has 136 valence electrons. The Hall–Kier alpha value is -2.44. The minimum Gasteiger partial charge on any atom is -0.507 e. The van der Waals surface area contributed by atoms with Crippen LogP contribution >= 0.6 is 11.3 Å². The maximum atomic E-state index is 12.7. The fourth-order valence-corrected chi connectivity index (χ4v) is 4.01. The summed E-state index contributed by atoms with van der Waals surface area (Å²) in [5.74, 6) is -1.27. The quantitative estimate of drug-likeness (QED) is 0.482. The summed E-state index contributed by atoms with van der Waals surface area (Å²) in [7, 11) is 3.94. The van der Waals surface area contributed by atoms with Gasteiger partial charge in [-0.1, -0.05) is 36.4 Å². The van der Waals surface area contributed by atoms with E-state index >= 15 is 0 Å². The maximum absolute atomic E-state index is 12.7. The van der Waals surface area contributed by atoms with Gasteiger partial charge in [0.25, 0.3) is 11.7 Å². The fourth-order valence-electron chi connectivity index (χ4n) is 3.16. The van der Waals surface area contributed by atoms with E-state index in [-0.39, 0.29) is 11.3 Å². The number of carbonyl (C=O) groups is 2. The number of hydrogen-bond acceptors (Lipinski definition) is 5. The van der Waals surface area contributed by atoms with Crippen LogP contribution in [0.2, 0.25) is 0 Å². The molecule has 0 radical (unpaired) electrons. The van der Waals surface area contributed by atoms with Crippen molar-refractivity contribution >= 4 is 28.8 Å². The van der Waals surface area contributed by atoms with E-state index in [2.05, 4.69) is 0 Å². The average Bonchev–Trinajstić information content (AvgIpc) is 3.24. The number of hydrogen-bond donors (Lipinski definition) is 1. The number of rotatable bonds is 6. The van der Waals surface area contributed by atoms with Gasteiger partial charge in [0.05, 0.1) is 11.6 Å². The van der Waals surface area contributed by atoms with Crippen LogP contribution in [0, 0.1) is 0 Å². The third-order valence-electron chi connectivity index (χ3n) is 4.40. The fraction of sp³-hybridized carbons (Fsp3) is 0.300. The molecule has 1 N–H and O–H groups in total. The van der Waals surface area contributed by atoms with Crippen LogP contribution in [-0.4, -0.2) is 53.8 Å². The molecule has 1 aliphatic heterocycles. The van der Waals surface area contributed by atoms with Crippen molar-refractivity contribution in [1.82, 2.24) is 9.80 Å². The van der Waals surface area contributed by atoms with Crippen LogP contribution < -0.4 is 0 Å². The number of aliphatic hydroxyl groups excluding tert-OH is 1. The van der Waals surface area contributed by atoms with Crippen molar-refractivity contribution in [2.24, 2.45) is 0 Å². The van der Waals surface area contributed by atoms with Crippen LogP contribution in [-0.2, 0) is 9.59 Å². The summed E-state index contributed by atoms with van der Waals surface area (Å²) < 4.78 is 0. The molecule has 2 heterocycles. The zero-order valence-electron chi connectivity index (χ0n) is 14.9. The maximum Gasteiger partial charge on any atom is 0.295 e. The number of Topliss-reactive ketones (excluding diaryl/α,β-unsaturated/α-hetero) is 1. The molecule has 1 atom stereocenters. The summed E-state index contributed by atoms with van der Waals surface area (Å²) in [5, 5.41) is 12.7. The molecule has 5 nitrogen and oxygen atoms in total. The Bertz CT molecular complexity index is 813. The minimum atomic E-state index is -0.616. The lowest BCUT2D eigenvalue weighted by atomic mass is 10.00. The summed E-state index contributed by atoms with van der Waals surface area (Å²) in [6.45, 7) is 1.29. The van der Waals surface area contributed by atoms with Crippen molar-refractivity contribution in [1.29, 1.82) is 0 Å². The van der Waals surface area contributed by atoms with Crippen molar-refractivity contribution in [3.63, 3.8) is 0 Å². The van der Waals surface area contributed by atoms with E-state index in [1.54, 1.807) is 29.2 Å². The van der Waals surface area contributed by atoms with Gasteiger partial charge in [0.15, 0.2) is 0 Å². The van der Waals surface area contributed by atoms with Gasteiger partial charge < -0.3 is 14.9 Å². The highest BCUT2D eigenvalue weighted by molar-refractivity contribution is 7.10. The molecule has 0 spiro atoms. The second-order valence-corrected chi connectivity index (χ2v) is 7.51. The van der Waals surface area contributed by atoms with E-state index in [4.69, 9.17) is 0 Å². The van der Waals surface area contributed by atoms with Gasteiger partial charge in [-0.05, 0) is 38.5 Å². The van der Waals surface area contributed by atoms with E-state index in [0.29, 0.717) is 12.1 Å². The van der Waals surface area contributed by atoms with Gasteiger partial charge in [-0.3, -0.25) is 9.59 Å². The van der Waals surface area contributed by atoms with Gasteiger partial charge in [-0.25, -0.2) is 0 Å². The standard InChI is InChI=1S/C20H22N2O3S/c1-21(2)11-7-12-22-17(15-10-6-13-26-15)16(19(24)20(22)25)18(23)14-8-4-3-5-9-14/h3-6,8-10,13,17,23H,7,11-12H2,1-2H3/t17-/m0/s1. The Labute approximate surface area is 157 Å². The van der Waals surface area contributed by atoms with Gasteiger partial charge in [0.1, 0.15) is 5.76 Å². The van der Waals surface area contributed by atoms with Crippen LogP contribution in [0.1, 0.15) is 22.9 Å². The Balaban J connectivity index is 2.02. The lowest BCUT2D eigenvalue weighted by molar-refractivity contribution is -0.139. The van der Waals surface area contributed by atoms with E-state index in [9.17, 15) is 14.7 Å². The van der Waals surface area contributed by atoms with Crippen molar-refractivity contribution in [3.05, 3.63) is 63.9 Å². The SMILES string of the molecule is CN(C)CCCN1C(=O)C(=O)C(=C(O)c2ccccc2)[C@@H]1c1cccs1. The molecule has 1 aromatic carbocycles. The highest BCUT2D eigenvalue weighted by Crippen LogP contribution is 2.40. The normalized spacial score (nSPS) is 19.5. The number of amides is 1. The molecule has 0 unspecified atom stereocenters. The number of ketones is 1. The second kappa shape index (κ2) is 7.85. The Kier molecular flexibility index (Phi) is 5.54. The number of likely N-dealkylation sites (tertiary alicyclic amines) is 1. The molecule has 3 rings (SSSR count). The predicted molar refractivity (Wildman–Crippen MR) is 103 cm³/mol. The summed E-state index contributed by atoms with van der Waals surface area (Å²) in [5.41, 5.74) is 0.717. The molecule has 1 amide bonds. The van der Waals surface area contributed by atoms with E-state index in [1.165, 1.54) is 11.3 Å². The zero-order valence-corrected chi connectivity index (χ0v) is 15.7. The minimum absolute atomic E-state index is 0.113. The van der Waals surface area contributed by atoms with Crippen LogP contribution in [0.5, 0.6) is 0 Å². The van der Waals surface area contributed by atoms with Crippen LogP contribution in [0.3, 0.4) is 0 Å². The molecular weight excluding hydrogens is 348 g/mol. The number of benzene rings is 1. The third kappa shape index (κ3) is 3.57. The van der Waals surface area contributed by atoms with Gasteiger partial charge >= 0.3 is 0 Å². The smallest absolute Gasteiger partial charge is 0.295 e. The van der Waals surface area contributed by atoms with Crippen LogP contribution in [0.25, 0.3) is 5.76 Å². The van der Waals surface area contributed by atoms with Crippen molar-refractivity contribution < 1.29 is 14.7 Å². The number of nitrogens with zero attached hydrogens (tertiary/aromatic N) is 2. The summed E-state index contributed by atoms with van der Waals surface area (Å²) in [6.07, 6.45) is 0.757. The average molecular weight is 370 g/mol. The van der Waals surface area contributed by atoms with Gasteiger partial charge in [-0.15, -0.1) is 11.3 Å². The van der Waals surface area contributed by atoms with E-state index in [0.717, 1.165) is 17.8 Å². The first-order valence-corrected chi connectivity index (χ1v) is 9.40. The lowest BCUT2D eigenvalue weighted by Crippen LogP contribution is -2.32. The Morgan fingerprint density at radius 2 is 1.88 bits per heavy atom. The Morgan fingerprint density at radius 1 is 1.15 bits per heavy atom.